The van der Waals surface area contributed by atoms with Crippen molar-refractivity contribution in [3.8, 4) is 5.75 Å². The van der Waals surface area contributed by atoms with E-state index in [0.29, 0.717) is 17.4 Å². The standard InChI is InChI=1S/C20H20N2O2S2/c23-16-7-5-14(6-8-16)15-9-11-22(12-10-15)19(24)13-25-20-21-17-3-1-2-4-18(17)26-20/h1-8,15,23H,9-13H2. The Morgan fingerprint density at radius 1 is 1.15 bits per heavy atom. The van der Waals surface area contributed by atoms with Gasteiger partial charge in [0.05, 0.1) is 16.0 Å². The van der Waals surface area contributed by atoms with E-state index in [0.717, 1.165) is 40.5 Å². The van der Waals surface area contributed by atoms with Crippen LogP contribution < -0.4 is 0 Å². The number of benzene rings is 2. The molecule has 1 amide bonds. The molecule has 6 heteroatoms. The molecule has 26 heavy (non-hydrogen) atoms. The average Bonchev–Trinajstić information content (AvgIpc) is 3.10. The Hall–Kier alpha value is -2.05. The second-order valence-electron chi connectivity index (χ2n) is 6.48. The van der Waals surface area contributed by atoms with Crippen molar-refractivity contribution >= 4 is 39.2 Å². The van der Waals surface area contributed by atoms with E-state index < -0.39 is 0 Å². The number of thioether (sulfide) groups is 1. The fraction of sp³-hybridized carbons (Fsp3) is 0.300. The molecule has 2 heterocycles. The predicted octanol–water partition coefficient (Wildman–Crippen LogP) is 4.50. The van der Waals surface area contributed by atoms with E-state index in [1.807, 2.05) is 35.2 Å². The van der Waals surface area contributed by atoms with Crippen molar-refractivity contribution < 1.29 is 9.90 Å². The number of aromatic hydroxyl groups is 1. The summed E-state index contributed by atoms with van der Waals surface area (Å²) in [5, 5.41) is 9.41. The topological polar surface area (TPSA) is 53.4 Å². The van der Waals surface area contributed by atoms with Crippen molar-refractivity contribution in [1.82, 2.24) is 9.88 Å². The first-order chi connectivity index (χ1) is 12.7. The lowest BCUT2D eigenvalue weighted by Gasteiger charge is -2.32. The molecule has 0 radical (unpaired) electrons. The number of carbonyl (C=O) groups excluding carboxylic acids is 1. The molecule has 0 bridgehead atoms. The number of carbonyl (C=O) groups is 1. The molecule has 1 fully saturated rings. The van der Waals surface area contributed by atoms with Crippen molar-refractivity contribution in [3.63, 3.8) is 0 Å². The zero-order valence-corrected chi connectivity index (χ0v) is 15.9. The van der Waals surface area contributed by atoms with Gasteiger partial charge in [0.1, 0.15) is 5.75 Å². The van der Waals surface area contributed by atoms with Crippen LogP contribution in [0, 0.1) is 0 Å². The lowest BCUT2D eigenvalue weighted by Crippen LogP contribution is -2.38. The van der Waals surface area contributed by atoms with E-state index in [-0.39, 0.29) is 5.91 Å². The van der Waals surface area contributed by atoms with Crippen LogP contribution in [0.5, 0.6) is 5.75 Å². The van der Waals surface area contributed by atoms with Crippen LogP contribution >= 0.6 is 23.1 Å². The Morgan fingerprint density at radius 2 is 1.88 bits per heavy atom. The summed E-state index contributed by atoms with van der Waals surface area (Å²) in [6.07, 6.45) is 1.95. The summed E-state index contributed by atoms with van der Waals surface area (Å²) in [6.45, 7) is 1.59. The molecule has 4 nitrogen and oxygen atoms in total. The van der Waals surface area contributed by atoms with Gasteiger partial charge in [0.15, 0.2) is 4.34 Å². The van der Waals surface area contributed by atoms with Gasteiger partial charge in [-0.05, 0) is 48.6 Å². The largest absolute Gasteiger partial charge is 0.508 e. The lowest BCUT2D eigenvalue weighted by molar-refractivity contribution is -0.129. The lowest BCUT2D eigenvalue weighted by atomic mass is 9.89. The Kier molecular flexibility index (Phi) is 5.13. The zero-order chi connectivity index (χ0) is 17.9. The fourth-order valence-corrected chi connectivity index (χ4v) is 5.31. The normalized spacial score (nSPS) is 15.5. The number of piperidine rings is 1. The summed E-state index contributed by atoms with van der Waals surface area (Å²) in [4.78, 5) is 19.1. The number of thiazole rings is 1. The molecular formula is C20H20N2O2S2. The number of amides is 1. The highest BCUT2D eigenvalue weighted by Gasteiger charge is 2.24. The van der Waals surface area contributed by atoms with Gasteiger partial charge in [-0.25, -0.2) is 4.98 Å². The Labute approximate surface area is 160 Å². The number of rotatable bonds is 4. The predicted molar refractivity (Wildman–Crippen MR) is 107 cm³/mol. The number of aromatic nitrogens is 1. The molecule has 1 aromatic heterocycles. The maximum absolute atomic E-state index is 12.5. The molecule has 1 saturated heterocycles. The first-order valence-electron chi connectivity index (χ1n) is 8.74. The Bertz CT molecular complexity index is 867. The van der Waals surface area contributed by atoms with Gasteiger partial charge in [-0.3, -0.25) is 4.79 Å². The number of para-hydroxylation sites is 1. The van der Waals surface area contributed by atoms with Crippen LogP contribution in [0.4, 0.5) is 0 Å². The molecule has 3 aromatic rings. The van der Waals surface area contributed by atoms with E-state index in [4.69, 9.17) is 0 Å². The summed E-state index contributed by atoms with van der Waals surface area (Å²) in [5.41, 5.74) is 2.25. The van der Waals surface area contributed by atoms with E-state index in [2.05, 4.69) is 11.1 Å². The maximum atomic E-state index is 12.5. The fourth-order valence-electron chi connectivity index (χ4n) is 3.34. The number of phenols is 1. The third kappa shape index (κ3) is 3.86. The highest BCUT2D eigenvalue weighted by Crippen LogP contribution is 2.31. The average molecular weight is 385 g/mol. The van der Waals surface area contributed by atoms with Crippen molar-refractivity contribution in [2.75, 3.05) is 18.8 Å². The van der Waals surface area contributed by atoms with Crippen molar-refractivity contribution in [1.29, 1.82) is 0 Å². The minimum atomic E-state index is 0.193. The maximum Gasteiger partial charge on any atom is 0.233 e. The van der Waals surface area contributed by atoms with Gasteiger partial charge in [-0.2, -0.15) is 0 Å². The highest BCUT2D eigenvalue weighted by atomic mass is 32.2. The number of likely N-dealkylation sites (tertiary alicyclic amines) is 1. The molecule has 1 aliphatic heterocycles. The minimum Gasteiger partial charge on any atom is -0.508 e. The van der Waals surface area contributed by atoms with Crippen LogP contribution in [0.1, 0.15) is 24.3 Å². The van der Waals surface area contributed by atoms with Crippen LogP contribution in [-0.2, 0) is 4.79 Å². The number of hydrogen-bond acceptors (Lipinski definition) is 5. The summed E-state index contributed by atoms with van der Waals surface area (Å²) < 4.78 is 2.12. The van der Waals surface area contributed by atoms with Gasteiger partial charge in [0, 0.05) is 13.1 Å². The summed E-state index contributed by atoms with van der Waals surface area (Å²) >= 11 is 3.18. The van der Waals surface area contributed by atoms with Crippen molar-refractivity contribution in [2.24, 2.45) is 0 Å². The molecule has 1 N–H and O–H groups in total. The molecule has 4 rings (SSSR count). The van der Waals surface area contributed by atoms with Crippen molar-refractivity contribution in [2.45, 2.75) is 23.1 Å². The molecule has 134 valence electrons. The van der Waals surface area contributed by atoms with Gasteiger partial charge in [-0.15, -0.1) is 11.3 Å². The van der Waals surface area contributed by atoms with Gasteiger partial charge in [0.25, 0.3) is 0 Å². The molecule has 0 atom stereocenters. The Balaban J connectivity index is 1.30. The summed E-state index contributed by atoms with van der Waals surface area (Å²) in [5.74, 6) is 1.41. The van der Waals surface area contributed by atoms with E-state index in [9.17, 15) is 9.90 Å². The van der Waals surface area contributed by atoms with Crippen LogP contribution in [0.25, 0.3) is 10.2 Å². The number of phenolic OH excluding ortho intramolecular Hbond substituents is 1. The smallest absolute Gasteiger partial charge is 0.233 e. The highest BCUT2D eigenvalue weighted by molar-refractivity contribution is 8.01. The number of fused-ring (bicyclic) bond motifs is 1. The van der Waals surface area contributed by atoms with Gasteiger partial charge in [0.2, 0.25) is 5.91 Å². The van der Waals surface area contributed by atoms with Crippen LogP contribution in [0.15, 0.2) is 52.9 Å². The molecule has 0 aliphatic carbocycles. The van der Waals surface area contributed by atoms with Crippen LogP contribution in [0.3, 0.4) is 0 Å². The molecule has 0 spiro atoms. The zero-order valence-electron chi connectivity index (χ0n) is 14.3. The molecule has 0 saturated carbocycles. The molecule has 0 unspecified atom stereocenters. The SMILES string of the molecule is O=C(CSc1nc2ccccc2s1)N1CCC(c2ccc(O)cc2)CC1. The minimum absolute atomic E-state index is 0.193. The van der Waals surface area contributed by atoms with Gasteiger partial charge in [-0.1, -0.05) is 36.0 Å². The molecule has 2 aromatic carbocycles. The summed E-state index contributed by atoms with van der Waals surface area (Å²) in [7, 11) is 0. The second-order valence-corrected chi connectivity index (χ2v) is 8.74. The third-order valence-corrected chi connectivity index (χ3v) is 6.97. The third-order valence-electron chi connectivity index (χ3n) is 4.81. The van der Waals surface area contributed by atoms with Crippen LogP contribution in [0.2, 0.25) is 0 Å². The summed E-state index contributed by atoms with van der Waals surface area (Å²) in [6, 6.07) is 15.5. The van der Waals surface area contributed by atoms with Crippen LogP contribution in [-0.4, -0.2) is 39.7 Å². The van der Waals surface area contributed by atoms with E-state index >= 15 is 0 Å². The molecule has 1 aliphatic rings. The Morgan fingerprint density at radius 3 is 2.62 bits per heavy atom. The number of hydrogen-bond donors (Lipinski definition) is 1. The second kappa shape index (κ2) is 7.68. The first-order valence-corrected chi connectivity index (χ1v) is 10.5. The first kappa shape index (κ1) is 17.4. The molecular weight excluding hydrogens is 364 g/mol. The van der Waals surface area contributed by atoms with Gasteiger partial charge < -0.3 is 10.0 Å². The quantitative estimate of drug-likeness (QED) is 0.673. The monoisotopic (exact) mass is 384 g/mol. The van der Waals surface area contributed by atoms with Gasteiger partial charge >= 0.3 is 0 Å². The van der Waals surface area contributed by atoms with E-state index in [1.165, 1.54) is 17.3 Å². The van der Waals surface area contributed by atoms with E-state index in [1.54, 1.807) is 23.5 Å². The van der Waals surface area contributed by atoms with Crippen molar-refractivity contribution in [3.05, 3.63) is 54.1 Å². The number of nitrogens with zero attached hydrogens (tertiary/aromatic N) is 2.